The minimum Gasteiger partial charge on any atom is -0.502 e. The molecular formula is C18H32N2O3. The van der Waals surface area contributed by atoms with Crippen LogP contribution in [-0.4, -0.2) is 67.4 Å². The van der Waals surface area contributed by atoms with Crippen molar-refractivity contribution in [3.05, 3.63) is 18.2 Å². The van der Waals surface area contributed by atoms with Gasteiger partial charge in [-0.25, -0.2) is 0 Å². The molecule has 0 aliphatic heterocycles. The fourth-order valence-electron chi connectivity index (χ4n) is 2.38. The van der Waals surface area contributed by atoms with E-state index in [1.165, 1.54) is 0 Å². The normalized spacial score (nSPS) is 11.2. The summed E-state index contributed by atoms with van der Waals surface area (Å²) in [5.74, 6) is 1.06. The third-order valence-electron chi connectivity index (χ3n) is 4.08. The zero-order valence-corrected chi connectivity index (χ0v) is 15.0. The lowest BCUT2D eigenvalue weighted by atomic mass is 10.3. The van der Waals surface area contributed by atoms with Crippen molar-refractivity contribution in [3.63, 3.8) is 0 Å². The number of phenols is 1. The van der Waals surface area contributed by atoms with Crippen LogP contribution in [0.1, 0.15) is 27.7 Å². The van der Waals surface area contributed by atoms with Crippen molar-refractivity contribution in [1.29, 1.82) is 0 Å². The van der Waals surface area contributed by atoms with E-state index in [-0.39, 0.29) is 5.75 Å². The van der Waals surface area contributed by atoms with E-state index >= 15 is 0 Å². The molecule has 1 N–H and O–H groups in total. The van der Waals surface area contributed by atoms with Crippen LogP contribution in [0.25, 0.3) is 0 Å². The van der Waals surface area contributed by atoms with Crippen LogP contribution in [0.2, 0.25) is 0 Å². The summed E-state index contributed by atoms with van der Waals surface area (Å²) in [4.78, 5) is 4.56. The lowest BCUT2D eigenvalue weighted by Gasteiger charge is -2.20. The molecule has 5 nitrogen and oxygen atoms in total. The minimum atomic E-state index is 0.0894. The summed E-state index contributed by atoms with van der Waals surface area (Å²) in [5, 5.41) is 10.3. The maximum atomic E-state index is 10.3. The van der Waals surface area contributed by atoms with Gasteiger partial charge in [0, 0.05) is 13.1 Å². The van der Waals surface area contributed by atoms with Gasteiger partial charge in [-0.15, -0.1) is 0 Å². The van der Waals surface area contributed by atoms with Gasteiger partial charge < -0.3 is 24.4 Å². The van der Waals surface area contributed by atoms with Crippen LogP contribution >= 0.6 is 0 Å². The summed E-state index contributed by atoms with van der Waals surface area (Å²) in [6, 6.07) is 5.39. The smallest absolute Gasteiger partial charge is 0.200 e. The van der Waals surface area contributed by atoms with E-state index in [9.17, 15) is 5.11 Å². The van der Waals surface area contributed by atoms with E-state index in [0.717, 1.165) is 39.3 Å². The maximum Gasteiger partial charge on any atom is 0.200 e. The third-order valence-corrected chi connectivity index (χ3v) is 4.08. The van der Waals surface area contributed by atoms with Gasteiger partial charge in [-0.1, -0.05) is 33.8 Å². The monoisotopic (exact) mass is 324 g/mol. The summed E-state index contributed by atoms with van der Waals surface area (Å²) in [5.41, 5.74) is 0. The molecule has 0 unspecified atom stereocenters. The highest BCUT2D eigenvalue weighted by Gasteiger charge is 2.10. The molecule has 1 rings (SSSR count). The van der Waals surface area contributed by atoms with Crippen molar-refractivity contribution in [1.82, 2.24) is 9.80 Å². The van der Waals surface area contributed by atoms with Gasteiger partial charge >= 0.3 is 0 Å². The fraction of sp³-hybridized carbons (Fsp3) is 0.667. The summed E-state index contributed by atoms with van der Waals surface area (Å²) < 4.78 is 11.4. The second-order valence-electron chi connectivity index (χ2n) is 5.35. The average molecular weight is 324 g/mol. The number of ether oxygens (including phenoxy) is 2. The van der Waals surface area contributed by atoms with E-state index in [1.54, 1.807) is 12.1 Å². The molecule has 5 heteroatoms. The number of aromatic hydroxyl groups is 1. The molecule has 132 valence electrons. The number of nitrogens with zero attached hydrogens (tertiary/aromatic N) is 2. The predicted octanol–water partition coefficient (Wildman–Crippen LogP) is 2.83. The fourth-order valence-corrected chi connectivity index (χ4v) is 2.38. The molecule has 0 radical (unpaired) electrons. The minimum absolute atomic E-state index is 0.0894. The van der Waals surface area contributed by atoms with Gasteiger partial charge in [0.15, 0.2) is 11.5 Å². The first-order valence-corrected chi connectivity index (χ1v) is 8.68. The average Bonchev–Trinajstić information content (AvgIpc) is 2.58. The molecule has 1 aromatic rings. The molecule has 0 aliphatic rings. The molecule has 23 heavy (non-hydrogen) atoms. The van der Waals surface area contributed by atoms with Crippen LogP contribution in [0.15, 0.2) is 18.2 Å². The van der Waals surface area contributed by atoms with Crippen LogP contribution in [0.4, 0.5) is 0 Å². The van der Waals surface area contributed by atoms with Gasteiger partial charge in [-0.05, 0) is 38.3 Å². The number of benzene rings is 1. The number of hydrogen-bond donors (Lipinski definition) is 1. The Morgan fingerprint density at radius 3 is 1.52 bits per heavy atom. The molecule has 0 heterocycles. The molecule has 0 fully saturated rings. The summed E-state index contributed by atoms with van der Waals surface area (Å²) in [7, 11) is 0. The van der Waals surface area contributed by atoms with Crippen molar-refractivity contribution >= 4 is 0 Å². The number of hydrogen-bond acceptors (Lipinski definition) is 5. The summed E-state index contributed by atoms with van der Waals surface area (Å²) in [6.07, 6.45) is 0. The number of rotatable bonds is 12. The highest BCUT2D eigenvalue weighted by atomic mass is 16.5. The second kappa shape index (κ2) is 11.1. The van der Waals surface area contributed by atoms with E-state index in [0.29, 0.717) is 24.7 Å². The zero-order chi connectivity index (χ0) is 17.1. The van der Waals surface area contributed by atoms with Crippen LogP contribution in [-0.2, 0) is 0 Å². The van der Waals surface area contributed by atoms with E-state index in [1.807, 2.05) is 6.07 Å². The topological polar surface area (TPSA) is 45.2 Å². The molecule has 0 aliphatic carbocycles. The molecule has 0 spiro atoms. The highest BCUT2D eigenvalue weighted by Crippen LogP contribution is 2.35. The Morgan fingerprint density at radius 1 is 0.783 bits per heavy atom. The largest absolute Gasteiger partial charge is 0.502 e. The quantitative estimate of drug-likeness (QED) is 0.640. The SMILES string of the molecule is CCN(CC)CCOc1cccc(OCCN(CC)CC)c1O. The predicted molar refractivity (Wildman–Crippen MR) is 94.7 cm³/mol. The molecule has 0 amide bonds. The van der Waals surface area contributed by atoms with E-state index in [2.05, 4.69) is 37.5 Å². The van der Waals surface area contributed by atoms with Crippen LogP contribution < -0.4 is 9.47 Å². The van der Waals surface area contributed by atoms with Gasteiger partial charge in [0.05, 0.1) is 0 Å². The Morgan fingerprint density at radius 2 is 1.17 bits per heavy atom. The molecule has 0 atom stereocenters. The molecule has 0 saturated carbocycles. The number of phenolic OH excluding ortho intramolecular Hbond substituents is 1. The van der Waals surface area contributed by atoms with Crippen molar-refractivity contribution in [2.24, 2.45) is 0 Å². The Balaban J connectivity index is 2.50. The van der Waals surface area contributed by atoms with Crippen LogP contribution in [0, 0.1) is 0 Å². The third kappa shape index (κ3) is 6.67. The first kappa shape index (κ1) is 19.6. The van der Waals surface area contributed by atoms with E-state index < -0.39 is 0 Å². The van der Waals surface area contributed by atoms with Crippen LogP contribution in [0.5, 0.6) is 17.2 Å². The first-order chi connectivity index (χ1) is 11.2. The van der Waals surface area contributed by atoms with E-state index in [4.69, 9.17) is 9.47 Å². The van der Waals surface area contributed by atoms with Crippen molar-refractivity contribution in [2.45, 2.75) is 27.7 Å². The molecule has 0 saturated heterocycles. The summed E-state index contributed by atoms with van der Waals surface area (Å²) >= 11 is 0. The van der Waals surface area contributed by atoms with Gasteiger partial charge in [0.1, 0.15) is 13.2 Å². The Labute approximate surface area is 140 Å². The maximum absolute atomic E-state index is 10.3. The Hall–Kier alpha value is -1.46. The van der Waals surface area contributed by atoms with Gasteiger partial charge in [-0.2, -0.15) is 0 Å². The van der Waals surface area contributed by atoms with Crippen molar-refractivity contribution in [2.75, 3.05) is 52.5 Å². The van der Waals surface area contributed by atoms with Crippen molar-refractivity contribution in [3.8, 4) is 17.2 Å². The summed E-state index contributed by atoms with van der Waals surface area (Å²) in [6.45, 7) is 15.3. The lowest BCUT2D eigenvalue weighted by Crippen LogP contribution is -2.28. The molecule has 1 aromatic carbocycles. The zero-order valence-electron chi connectivity index (χ0n) is 15.0. The number of likely N-dealkylation sites (N-methyl/N-ethyl adjacent to an activating group) is 2. The van der Waals surface area contributed by atoms with Gasteiger partial charge in [0.2, 0.25) is 5.75 Å². The standard InChI is InChI=1S/C18H32N2O3/c1-5-19(6-2)12-14-22-16-10-9-11-17(18(16)21)23-15-13-20(7-3)8-4/h9-11,21H,5-8,12-15H2,1-4H3. The van der Waals surface area contributed by atoms with Gasteiger partial charge in [0.25, 0.3) is 0 Å². The lowest BCUT2D eigenvalue weighted by molar-refractivity contribution is 0.206. The molecular weight excluding hydrogens is 292 g/mol. The number of para-hydroxylation sites is 1. The highest BCUT2D eigenvalue weighted by molar-refractivity contribution is 5.49. The molecule has 0 bridgehead atoms. The molecule has 0 aromatic heterocycles. The first-order valence-electron chi connectivity index (χ1n) is 8.68. The van der Waals surface area contributed by atoms with Crippen molar-refractivity contribution < 1.29 is 14.6 Å². The van der Waals surface area contributed by atoms with Gasteiger partial charge in [-0.3, -0.25) is 0 Å². The van der Waals surface area contributed by atoms with Crippen LogP contribution in [0.3, 0.4) is 0 Å². The Bertz CT molecular complexity index is 396. The second-order valence-corrected chi connectivity index (χ2v) is 5.35. The Kier molecular flexibility index (Phi) is 9.48.